The summed E-state index contributed by atoms with van der Waals surface area (Å²) in [5.41, 5.74) is 0. The van der Waals surface area contributed by atoms with Gasteiger partial charge in [-0.3, -0.25) is 4.79 Å². The highest BCUT2D eigenvalue weighted by Gasteiger charge is 2.11. The van der Waals surface area contributed by atoms with Crippen LogP contribution in [0.4, 0.5) is 0 Å². The smallest absolute Gasteiger partial charge is 0.248 e. The molecule has 0 spiro atoms. The molecule has 3 N–H and O–H groups in total. The molecule has 0 saturated carbocycles. The van der Waals surface area contributed by atoms with Gasteiger partial charge in [0.05, 0.1) is 0 Å². The first kappa shape index (κ1) is 12.4. The Morgan fingerprint density at radius 1 is 1.46 bits per heavy atom. The number of unbranched alkanes of at least 4 members (excludes halogenated alkanes) is 1. The number of carbonyl (C=O) groups excluding carboxylic acids is 1. The number of hydrogen-bond acceptors (Lipinski definition) is 3. The number of carbonyl (C=O) groups is 1. The lowest BCUT2D eigenvalue weighted by atomic mass is 10.2. The Balaban J connectivity index is 3.38. The van der Waals surface area contributed by atoms with Crippen LogP contribution in [-0.2, 0) is 4.79 Å². The molecule has 4 nitrogen and oxygen atoms in total. The van der Waals surface area contributed by atoms with Crippen molar-refractivity contribution < 1.29 is 15.0 Å². The molecule has 1 atom stereocenters. The lowest BCUT2D eigenvalue weighted by Crippen LogP contribution is -2.35. The third kappa shape index (κ3) is 6.54. The number of nitrogens with one attached hydrogen (secondary N) is 1. The van der Waals surface area contributed by atoms with Crippen molar-refractivity contribution in [1.82, 2.24) is 5.32 Å². The minimum atomic E-state index is -0.876. The van der Waals surface area contributed by atoms with Crippen molar-refractivity contribution in [2.24, 2.45) is 0 Å². The Kier molecular flexibility index (Phi) is 7.63. The van der Waals surface area contributed by atoms with Crippen molar-refractivity contribution in [3.8, 4) is 0 Å². The molecule has 0 rings (SSSR count). The summed E-state index contributed by atoms with van der Waals surface area (Å²) in [4.78, 5) is 11.1. The monoisotopic (exact) mass is 189 g/mol. The molecular weight excluding hydrogens is 170 g/mol. The molecule has 0 aliphatic carbocycles. The first-order valence-electron chi connectivity index (χ1n) is 4.79. The molecule has 0 aromatic heterocycles. The molecular formula is C9H19NO3. The molecule has 0 fully saturated rings. The number of rotatable bonds is 7. The van der Waals surface area contributed by atoms with Gasteiger partial charge in [-0.25, -0.2) is 0 Å². The van der Waals surface area contributed by atoms with Crippen LogP contribution in [-0.4, -0.2) is 35.4 Å². The SMILES string of the molecule is CCCC(O)C(=O)NCCCCO. The van der Waals surface area contributed by atoms with Crippen LogP contribution >= 0.6 is 0 Å². The Morgan fingerprint density at radius 3 is 2.69 bits per heavy atom. The van der Waals surface area contributed by atoms with Gasteiger partial charge < -0.3 is 15.5 Å². The van der Waals surface area contributed by atoms with Gasteiger partial charge in [0.25, 0.3) is 0 Å². The maximum absolute atomic E-state index is 11.1. The van der Waals surface area contributed by atoms with E-state index in [9.17, 15) is 9.90 Å². The number of aliphatic hydroxyl groups excluding tert-OH is 2. The van der Waals surface area contributed by atoms with Gasteiger partial charge in [0.1, 0.15) is 6.10 Å². The second kappa shape index (κ2) is 8.01. The van der Waals surface area contributed by atoms with E-state index in [0.29, 0.717) is 19.4 Å². The third-order valence-electron chi connectivity index (χ3n) is 1.75. The van der Waals surface area contributed by atoms with Gasteiger partial charge in [-0.05, 0) is 19.3 Å². The summed E-state index contributed by atoms with van der Waals surface area (Å²) in [5, 5.41) is 20.3. The van der Waals surface area contributed by atoms with E-state index in [1.54, 1.807) is 0 Å². The summed E-state index contributed by atoms with van der Waals surface area (Å²) < 4.78 is 0. The van der Waals surface area contributed by atoms with E-state index < -0.39 is 6.10 Å². The van der Waals surface area contributed by atoms with Crippen LogP contribution in [0.5, 0.6) is 0 Å². The molecule has 1 amide bonds. The molecule has 78 valence electrons. The molecule has 4 heteroatoms. The van der Waals surface area contributed by atoms with E-state index in [2.05, 4.69) is 5.32 Å². The molecule has 13 heavy (non-hydrogen) atoms. The summed E-state index contributed by atoms with van der Waals surface area (Å²) >= 11 is 0. The predicted molar refractivity (Wildman–Crippen MR) is 50.2 cm³/mol. The fraction of sp³-hybridized carbons (Fsp3) is 0.889. The first-order chi connectivity index (χ1) is 6.22. The van der Waals surface area contributed by atoms with Crippen LogP contribution in [0, 0.1) is 0 Å². The van der Waals surface area contributed by atoms with Crippen molar-refractivity contribution in [1.29, 1.82) is 0 Å². The molecule has 0 aliphatic rings. The van der Waals surface area contributed by atoms with E-state index >= 15 is 0 Å². The molecule has 0 bridgehead atoms. The van der Waals surface area contributed by atoms with Crippen LogP contribution in [0.15, 0.2) is 0 Å². The van der Waals surface area contributed by atoms with Gasteiger partial charge in [-0.2, -0.15) is 0 Å². The minimum absolute atomic E-state index is 0.146. The molecule has 0 radical (unpaired) electrons. The highest BCUT2D eigenvalue weighted by atomic mass is 16.3. The predicted octanol–water partition coefficient (Wildman–Crippen LogP) is 0.0361. The van der Waals surface area contributed by atoms with Gasteiger partial charge >= 0.3 is 0 Å². The molecule has 0 aromatic carbocycles. The second-order valence-corrected chi connectivity index (χ2v) is 3.03. The van der Waals surface area contributed by atoms with Crippen molar-refractivity contribution in [2.45, 2.75) is 38.7 Å². The standard InChI is InChI=1S/C9H19NO3/c1-2-5-8(12)9(13)10-6-3-4-7-11/h8,11-12H,2-7H2,1H3,(H,10,13). The third-order valence-corrected chi connectivity index (χ3v) is 1.75. The summed E-state index contributed by atoms with van der Waals surface area (Å²) in [7, 11) is 0. The zero-order valence-corrected chi connectivity index (χ0v) is 8.12. The highest BCUT2D eigenvalue weighted by Crippen LogP contribution is 1.95. The van der Waals surface area contributed by atoms with E-state index in [0.717, 1.165) is 12.8 Å². The normalized spacial score (nSPS) is 12.5. The fourth-order valence-corrected chi connectivity index (χ4v) is 0.971. The average molecular weight is 189 g/mol. The van der Waals surface area contributed by atoms with Crippen LogP contribution < -0.4 is 5.32 Å². The number of hydrogen-bond donors (Lipinski definition) is 3. The van der Waals surface area contributed by atoms with Crippen LogP contribution in [0.2, 0.25) is 0 Å². The van der Waals surface area contributed by atoms with Gasteiger partial charge in [-0.15, -0.1) is 0 Å². The van der Waals surface area contributed by atoms with Crippen molar-refractivity contribution >= 4 is 5.91 Å². The average Bonchev–Trinajstić information content (AvgIpc) is 2.12. The fourth-order valence-electron chi connectivity index (χ4n) is 0.971. The first-order valence-corrected chi connectivity index (χ1v) is 4.79. The van der Waals surface area contributed by atoms with Gasteiger partial charge in [0, 0.05) is 13.2 Å². The maximum atomic E-state index is 11.1. The van der Waals surface area contributed by atoms with Crippen molar-refractivity contribution in [3.05, 3.63) is 0 Å². The van der Waals surface area contributed by atoms with Crippen LogP contribution in [0.1, 0.15) is 32.6 Å². The lowest BCUT2D eigenvalue weighted by Gasteiger charge is -2.09. The molecule has 0 aromatic rings. The molecule has 0 heterocycles. The lowest BCUT2D eigenvalue weighted by molar-refractivity contribution is -0.129. The van der Waals surface area contributed by atoms with E-state index in [4.69, 9.17) is 5.11 Å². The summed E-state index contributed by atoms with van der Waals surface area (Å²) in [6.07, 6.45) is 1.86. The minimum Gasteiger partial charge on any atom is -0.396 e. The Morgan fingerprint density at radius 2 is 2.15 bits per heavy atom. The summed E-state index contributed by atoms with van der Waals surface area (Å²) in [5.74, 6) is -0.306. The van der Waals surface area contributed by atoms with Crippen LogP contribution in [0.25, 0.3) is 0 Å². The quantitative estimate of drug-likeness (QED) is 0.495. The van der Waals surface area contributed by atoms with E-state index in [1.165, 1.54) is 0 Å². The van der Waals surface area contributed by atoms with E-state index in [-0.39, 0.29) is 12.5 Å². The van der Waals surface area contributed by atoms with Crippen LogP contribution in [0.3, 0.4) is 0 Å². The number of amides is 1. The molecule has 0 saturated heterocycles. The Bertz CT molecular complexity index is 139. The molecule has 1 unspecified atom stereocenters. The van der Waals surface area contributed by atoms with Gasteiger partial charge in [0.15, 0.2) is 0 Å². The second-order valence-electron chi connectivity index (χ2n) is 3.03. The van der Waals surface area contributed by atoms with E-state index in [1.807, 2.05) is 6.92 Å². The Labute approximate surface area is 79.0 Å². The summed E-state index contributed by atoms with van der Waals surface area (Å²) in [6.45, 7) is 2.59. The Hall–Kier alpha value is -0.610. The van der Waals surface area contributed by atoms with Gasteiger partial charge in [-0.1, -0.05) is 13.3 Å². The zero-order valence-electron chi connectivity index (χ0n) is 8.12. The van der Waals surface area contributed by atoms with Crippen molar-refractivity contribution in [3.63, 3.8) is 0 Å². The highest BCUT2D eigenvalue weighted by molar-refractivity contribution is 5.80. The largest absolute Gasteiger partial charge is 0.396 e. The number of aliphatic hydroxyl groups is 2. The molecule has 0 aliphatic heterocycles. The summed E-state index contributed by atoms with van der Waals surface area (Å²) in [6, 6.07) is 0. The van der Waals surface area contributed by atoms with Crippen molar-refractivity contribution in [2.75, 3.05) is 13.2 Å². The maximum Gasteiger partial charge on any atom is 0.248 e. The topological polar surface area (TPSA) is 69.6 Å². The zero-order chi connectivity index (χ0) is 10.1. The van der Waals surface area contributed by atoms with Gasteiger partial charge in [0.2, 0.25) is 5.91 Å².